The predicted octanol–water partition coefficient (Wildman–Crippen LogP) is 0.700. The summed E-state index contributed by atoms with van der Waals surface area (Å²) in [6, 6.07) is 0. The Bertz CT molecular complexity index is 258. The molecule has 0 radical (unpaired) electrons. The number of amides is 1. The fourth-order valence-corrected chi connectivity index (χ4v) is 1.05. The van der Waals surface area contributed by atoms with E-state index in [9.17, 15) is 18.0 Å². The van der Waals surface area contributed by atoms with Gasteiger partial charge in [0, 0.05) is 7.05 Å². The lowest BCUT2D eigenvalue weighted by molar-refractivity contribution is -0.175. The number of alkyl halides is 3. The predicted molar refractivity (Wildman–Crippen MR) is 55.9 cm³/mol. The molecule has 0 rings (SSSR count). The van der Waals surface area contributed by atoms with Crippen molar-refractivity contribution >= 4 is 23.1 Å². The molecule has 1 amide bonds. The maximum atomic E-state index is 11.7. The molecular formula is C8H13F3N2O2S. The van der Waals surface area contributed by atoms with Crippen molar-refractivity contribution in [3.05, 3.63) is 0 Å². The highest BCUT2D eigenvalue weighted by atomic mass is 32.1. The van der Waals surface area contributed by atoms with Crippen molar-refractivity contribution in [3.63, 3.8) is 0 Å². The Labute approximate surface area is 96.5 Å². The van der Waals surface area contributed by atoms with Crippen LogP contribution in [-0.2, 0) is 9.53 Å². The lowest BCUT2D eigenvalue weighted by Crippen LogP contribution is -2.35. The van der Waals surface area contributed by atoms with Crippen LogP contribution in [0.4, 0.5) is 13.2 Å². The van der Waals surface area contributed by atoms with Crippen LogP contribution in [0.2, 0.25) is 0 Å². The van der Waals surface area contributed by atoms with Gasteiger partial charge in [0.15, 0.2) is 0 Å². The summed E-state index contributed by atoms with van der Waals surface area (Å²) in [6.45, 7) is -1.52. The molecule has 4 nitrogen and oxygen atoms in total. The van der Waals surface area contributed by atoms with Gasteiger partial charge < -0.3 is 15.4 Å². The molecule has 0 spiro atoms. The van der Waals surface area contributed by atoms with Crippen molar-refractivity contribution in [2.24, 2.45) is 5.73 Å². The van der Waals surface area contributed by atoms with Crippen molar-refractivity contribution in [1.29, 1.82) is 0 Å². The number of nitrogens with zero attached hydrogens (tertiary/aromatic N) is 1. The Morgan fingerprint density at radius 1 is 1.50 bits per heavy atom. The fraction of sp³-hybridized carbons (Fsp3) is 0.750. The largest absolute Gasteiger partial charge is 0.411 e. The number of halogens is 3. The molecule has 94 valence electrons. The standard InChI is InChI=1S/C8H13F3N2O2S/c1-13(4-6(12)16)7(14)2-3-15-5-8(9,10)11/h2-5H2,1H3,(H2,12,16). The number of thiocarbonyl (C=S) groups is 1. The molecule has 0 aliphatic heterocycles. The van der Waals surface area contributed by atoms with Crippen LogP contribution in [0.3, 0.4) is 0 Å². The molecule has 8 heteroatoms. The van der Waals surface area contributed by atoms with Crippen LogP contribution in [0.1, 0.15) is 6.42 Å². The van der Waals surface area contributed by atoms with Gasteiger partial charge in [-0.3, -0.25) is 4.79 Å². The molecule has 0 aliphatic carbocycles. The summed E-state index contributed by atoms with van der Waals surface area (Å²) < 4.78 is 39.3. The number of hydrogen-bond acceptors (Lipinski definition) is 3. The Balaban J connectivity index is 3.69. The molecule has 16 heavy (non-hydrogen) atoms. The van der Waals surface area contributed by atoms with Crippen LogP contribution >= 0.6 is 12.2 Å². The van der Waals surface area contributed by atoms with Crippen molar-refractivity contribution in [2.45, 2.75) is 12.6 Å². The minimum absolute atomic E-state index is 0.105. The molecule has 0 saturated heterocycles. The Morgan fingerprint density at radius 2 is 2.06 bits per heavy atom. The summed E-state index contributed by atoms with van der Waals surface area (Å²) >= 11 is 4.58. The maximum absolute atomic E-state index is 11.7. The monoisotopic (exact) mass is 258 g/mol. The summed E-state index contributed by atoms with van der Waals surface area (Å²) in [6.07, 6.45) is -4.50. The highest BCUT2D eigenvalue weighted by Crippen LogP contribution is 2.14. The normalized spacial score (nSPS) is 11.2. The van der Waals surface area contributed by atoms with Crippen molar-refractivity contribution in [2.75, 3.05) is 26.8 Å². The number of likely N-dealkylation sites (N-methyl/N-ethyl adjacent to an activating group) is 1. The van der Waals surface area contributed by atoms with E-state index >= 15 is 0 Å². The summed E-state index contributed by atoms with van der Waals surface area (Å²) in [5, 5.41) is 0. The molecule has 2 N–H and O–H groups in total. The van der Waals surface area contributed by atoms with Gasteiger partial charge in [-0.05, 0) is 0 Å². The smallest absolute Gasteiger partial charge is 0.392 e. The van der Waals surface area contributed by atoms with Gasteiger partial charge in [-0.2, -0.15) is 13.2 Å². The Morgan fingerprint density at radius 3 is 2.50 bits per heavy atom. The van der Waals surface area contributed by atoms with Crippen LogP contribution < -0.4 is 5.73 Å². The average Bonchev–Trinajstić information content (AvgIpc) is 2.09. The lowest BCUT2D eigenvalue weighted by Gasteiger charge is -2.16. The number of rotatable bonds is 6. The van der Waals surface area contributed by atoms with Crippen LogP contribution in [0.15, 0.2) is 0 Å². The molecule has 0 heterocycles. The maximum Gasteiger partial charge on any atom is 0.411 e. The molecule has 0 aromatic rings. The van der Waals surface area contributed by atoms with E-state index in [2.05, 4.69) is 17.0 Å². The lowest BCUT2D eigenvalue weighted by atomic mass is 10.4. The summed E-state index contributed by atoms with van der Waals surface area (Å²) in [5.74, 6) is -0.366. The fourth-order valence-electron chi connectivity index (χ4n) is 0.860. The SMILES string of the molecule is CN(CC(N)=S)C(=O)CCOCC(F)(F)F. The van der Waals surface area contributed by atoms with E-state index in [1.807, 2.05) is 0 Å². The van der Waals surface area contributed by atoms with E-state index in [4.69, 9.17) is 5.73 Å². The van der Waals surface area contributed by atoms with Crippen LogP contribution in [0, 0.1) is 0 Å². The van der Waals surface area contributed by atoms with Crippen molar-refractivity contribution in [3.8, 4) is 0 Å². The molecule has 0 aromatic carbocycles. The van der Waals surface area contributed by atoms with Crippen molar-refractivity contribution < 1.29 is 22.7 Å². The van der Waals surface area contributed by atoms with E-state index in [0.29, 0.717) is 0 Å². The molecule has 0 unspecified atom stereocenters. The van der Waals surface area contributed by atoms with E-state index in [1.165, 1.54) is 11.9 Å². The van der Waals surface area contributed by atoms with Gasteiger partial charge in [-0.1, -0.05) is 12.2 Å². The van der Waals surface area contributed by atoms with E-state index in [1.54, 1.807) is 0 Å². The van der Waals surface area contributed by atoms with E-state index < -0.39 is 12.8 Å². The highest BCUT2D eigenvalue weighted by molar-refractivity contribution is 7.80. The van der Waals surface area contributed by atoms with Gasteiger partial charge in [0.25, 0.3) is 0 Å². The first-order chi connectivity index (χ1) is 7.22. The third-order valence-electron chi connectivity index (χ3n) is 1.54. The zero-order valence-electron chi connectivity index (χ0n) is 8.71. The zero-order valence-corrected chi connectivity index (χ0v) is 9.53. The van der Waals surface area contributed by atoms with Crippen LogP contribution in [-0.4, -0.2) is 48.8 Å². The second kappa shape index (κ2) is 6.64. The summed E-state index contributed by atoms with van der Waals surface area (Å²) in [4.78, 5) is 12.6. The van der Waals surface area contributed by atoms with Gasteiger partial charge in [-0.15, -0.1) is 0 Å². The summed E-state index contributed by atoms with van der Waals surface area (Å²) in [7, 11) is 1.46. The first-order valence-electron chi connectivity index (χ1n) is 4.39. The van der Waals surface area contributed by atoms with E-state index in [-0.39, 0.29) is 30.5 Å². The van der Waals surface area contributed by atoms with Gasteiger partial charge >= 0.3 is 6.18 Å². The second-order valence-corrected chi connectivity index (χ2v) is 3.66. The Kier molecular flexibility index (Phi) is 6.27. The van der Waals surface area contributed by atoms with E-state index in [0.717, 1.165) is 0 Å². The highest BCUT2D eigenvalue weighted by Gasteiger charge is 2.27. The number of carbonyl (C=O) groups excluding carboxylic acids is 1. The molecule has 0 fully saturated rings. The number of nitrogens with two attached hydrogens (primary N) is 1. The van der Waals surface area contributed by atoms with Gasteiger partial charge in [0.2, 0.25) is 5.91 Å². The van der Waals surface area contributed by atoms with Crippen LogP contribution in [0.5, 0.6) is 0 Å². The first kappa shape index (κ1) is 15.1. The van der Waals surface area contributed by atoms with Crippen LogP contribution in [0.25, 0.3) is 0 Å². The van der Waals surface area contributed by atoms with Gasteiger partial charge in [-0.25, -0.2) is 0 Å². The number of ether oxygens (including phenoxy) is 1. The molecule has 0 aliphatic rings. The topological polar surface area (TPSA) is 55.6 Å². The minimum atomic E-state index is -4.37. The van der Waals surface area contributed by atoms with Gasteiger partial charge in [0.05, 0.1) is 24.6 Å². The molecular weight excluding hydrogens is 245 g/mol. The zero-order chi connectivity index (χ0) is 12.8. The third-order valence-corrected chi connectivity index (χ3v) is 1.67. The second-order valence-electron chi connectivity index (χ2n) is 3.13. The summed E-state index contributed by atoms with van der Waals surface area (Å²) in [5.41, 5.74) is 5.20. The molecule has 0 aromatic heterocycles. The molecule has 0 saturated carbocycles. The molecule has 0 bridgehead atoms. The minimum Gasteiger partial charge on any atom is -0.392 e. The Hall–Kier alpha value is -0.890. The average molecular weight is 258 g/mol. The quantitative estimate of drug-likeness (QED) is 0.563. The number of carbonyl (C=O) groups is 1. The molecule has 0 atom stereocenters. The number of hydrogen-bond donors (Lipinski definition) is 1. The first-order valence-corrected chi connectivity index (χ1v) is 4.80. The third kappa shape index (κ3) is 8.42. The van der Waals surface area contributed by atoms with Gasteiger partial charge in [0.1, 0.15) is 6.61 Å². The van der Waals surface area contributed by atoms with Crippen molar-refractivity contribution in [1.82, 2.24) is 4.90 Å².